The fraction of sp³-hybridized carbons (Fsp3) is 0.278. The van der Waals surface area contributed by atoms with Crippen LogP contribution >= 0.6 is 0 Å². The van der Waals surface area contributed by atoms with Gasteiger partial charge in [0.1, 0.15) is 16.9 Å². The number of carbonyl (C=O) groups is 1. The molecular formula is C18H20N4O2. The Morgan fingerprint density at radius 2 is 2.04 bits per heavy atom. The number of anilines is 1. The first-order chi connectivity index (χ1) is 11.6. The van der Waals surface area contributed by atoms with E-state index in [0.29, 0.717) is 29.9 Å². The molecule has 2 aromatic heterocycles. The number of fused-ring (bicyclic) bond motifs is 1. The molecule has 3 rings (SSSR count). The average molecular weight is 324 g/mol. The van der Waals surface area contributed by atoms with Crippen molar-refractivity contribution in [2.24, 2.45) is 7.05 Å². The van der Waals surface area contributed by atoms with Gasteiger partial charge in [-0.3, -0.25) is 0 Å². The lowest BCUT2D eigenvalue weighted by Gasteiger charge is -2.12. The van der Waals surface area contributed by atoms with Crippen molar-refractivity contribution in [3.05, 3.63) is 53.5 Å². The first-order valence-corrected chi connectivity index (χ1v) is 7.88. The van der Waals surface area contributed by atoms with Crippen molar-refractivity contribution < 1.29 is 9.53 Å². The molecule has 0 fully saturated rings. The van der Waals surface area contributed by atoms with Gasteiger partial charge in [0.2, 0.25) is 0 Å². The van der Waals surface area contributed by atoms with Crippen LogP contribution in [-0.4, -0.2) is 27.1 Å². The number of hydrogen-bond donors (Lipinski definition) is 1. The highest BCUT2D eigenvalue weighted by molar-refractivity contribution is 6.03. The number of aryl methyl sites for hydroxylation is 2. The van der Waals surface area contributed by atoms with Crippen molar-refractivity contribution >= 4 is 22.8 Å². The highest BCUT2D eigenvalue weighted by Gasteiger charge is 2.20. The summed E-state index contributed by atoms with van der Waals surface area (Å²) >= 11 is 0. The standard InChI is InChI=1S/C18H20N4O2/c1-4-24-18(23)14-11-20-17-16(21-12(2)22(17)3)15(14)19-10-13-8-6-5-7-9-13/h5-9,11H,4,10H2,1-3H3,(H,19,20). The molecule has 1 N–H and O–H groups in total. The molecular weight excluding hydrogens is 304 g/mol. The summed E-state index contributed by atoms with van der Waals surface area (Å²) in [6, 6.07) is 9.99. The quantitative estimate of drug-likeness (QED) is 0.731. The van der Waals surface area contributed by atoms with Gasteiger partial charge >= 0.3 is 5.97 Å². The molecule has 1 aromatic carbocycles. The van der Waals surface area contributed by atoms with E-state index in [2.05, 4.69) is 15.3 Å². The molecule has 0 amide bonds. The maximum absolute atomic E-state index is 12.3. The van der Waals surface area contributed by atoms with Crippen LogP contribution in [0.2, 0.25) is 0 Å². The summed E-state index contributed by atoms with van der Waals surface area (Å²) in [6.45, 7) is 4.59. The summed E-state index contributed by atoms with van der Waals surface area (Å²) in [7, 11) is 1.91. The molecule has 0 aliphatic heterocycles. The first kappa shape index (κ1) is 16.0. The van der Waals surface area contributed by atoms with Gasteiger partial charge in [0.25, 0.3) is 0 Å². The van der Waals surface area contributed by atoms with Crippen molar-refractivity contribution in [3.8, 4) is 0 Å². The zero-order valence-electron chi connectivity index (χ0n) is 14.0. The molecule has 0 unspecified atom stereocenters. The van der Waals surface area contributed by atoms with Crippen LogP contribution in [-0.2, 0) is 18.3 Å². The van der Waals surface area contributed by atoms with Gasteiger partial charge in [-0.15, -0.1) is 0 Å². The minimum atomic E-state index is -0.397. The maximum atomic E-state index is 12.3. The van der Waals surface area contributed by atoms with Gasteiger partial charge in [0.05, 0.1) is 12.3 Å². The molecule has 124 valence electrons. The molecule has 0 aliphatic rings. The maximum Gasteiger partial charge on any atom is 0.341 e. The number of rotatable bonds is 5. The zero-order chi connectivity index (χ0) is 17.1. The summed E-state index contributed by atoms with van der Waals surface area (Å²) in [4.78, 5) is 21.2. The highest BCUT2D eigenvalue weighted by Crippen LogP contribution is 2.27. The van der Waals surface area contributed by atoms with Crippen molar-refractivity contribution in [2.45, 2.75) is 20.4 Å². The van der Waals surface area contributed by atoms with Gasteiger partial charge in [0, 0.05) is 19.8 Å². The van der Waals surface area contributed by atoms with Crippen molar-refractivity contribution in [3.63, 3.8) is 0 Å². The minimum absolute atomic E-state index is 0.316. The number of nitrogens with one attached hydrogen (secondary N) is 1. The van der Waals surface area contributed by atoms with Crippen LogP contribution in [0.25, 0.3) is 11.2 Å². The summed E-state index contributed by atoms with van der Waals surface area (Å²) in [5.41, 5.74) is 3.59. The lowest BCUT2D eigenvalue weighted by atomic mass is 10.2. The second kappa shape index (κ2) is 6.70. The SMILES string of the molecule is CCOC(=O)c1cnc2c(nc(C)n2C)c1NCc1ccccc1. The Morgan fingerprint density at radius 3 is 2.75 bits per heavy atom. The summed E-state index contributed by atoms with van der Waals surface area (Å²) in [6.07, 6.45) is 1.55. The van der Waals surface area contributed by atoms with Gasteiger partial charge in [-0.1, -0.05) is 30.3 Å². The molecule has 0 aliphatic carbocycles. The van der Waals surface area contributed by atoms with Crippen molar-refractivity contribution in [1.82, 2.24) is 14.5 Å². The number of imidazole rings is 1. The Hall–Kier alpha value is -2.89. The molecule has 2 heterocycles. The van der Waals surface area contributed by atoms with Gasteiger partial charge in [-0.05, 0) is 19.4 Å². The van der Waals surface area contributed by atoms with Crippen LogP contribution in [0.4, 0.5) is 5.69 Å². The van der Waals surface area contributed by atoms with Crippen LogP contribution < -0.4 is 5.32 Å². The third-order valence-corrected chi connectivity index (χ3v) is 3.92. The third-order valence-electron chi connectivity index (χ3n) is 3.92. The number of aromatic nitrogens is 3. The van der Waals surface area contributed by atoms with Crippen LogP contribution in [0.5, 0.6) is 0 Å². The molecule has 3 aromatic rings. The molecule has 0 spiro atoms. The second-order valence-corrected chi connectivity index (χ2v) is 5.50. The monoisotopic (exact) mass is 324 g/mol. The van der Waals surface area contributed by atoms with Gasteiger partial charge in [0.15, 0.2) is 5.65 Å². The van der Waals surface area contributed by atoms with E-state index in [9.17, 15) is 4.79 Å². The molecule has 0 bridgehead atoms. The Labute approximate surface area is 140 Å². The molecule has 0 saturated carbocycles. The van der Waals surface area contributed by atoms with E-state index in [1.807, 2.05) is 48.9 Å². The fourth-order valence-corrected chi connectivity index (χ4v) is 2.56. The molecule has 0 saturated heterocycles. The average Bonchev–Trinajstić information content (AvgIpc) is 2.89. The number of nitrogens with zero attached hydrogens (tertiary/aromatic N) is 3. The number of benzene rings is 1. The summed E-state index contributed by atoms with van der Waals surface area (Å²) < 4.78 is 7.05. The van der Waals surface area contributed by atoms with Crippen LogP contribution in [0.1, 0.15) is 28.7 Å². The second-order valence-electron chi connectivity index (χ2n) is 5.50. The lowest BCUT2D eigenvalue weighted by molar-refractivity contribution is 0.0527. The van der Waals surface area contributed by atoms with E-state index in [-0.39, 0.29) is 0 Å². The van der Waals surface area contributed by atoms with E-state index in [0.717, 1.165) is 17.0 Å². The summed E-state index contributed by atoms with van der Waals surface area (Å²) in [5.74, 6) is 0.437. The predicted molar refractivity (Wildman–Crippen MR) is 93.0 cm³/mol. The Kier molecular flexibility index (Phi) is 4.46. The largest absolute Gasteiger partial charge is 0.462 e. The minimum Gasteiger partial charge on any atom is -0.462 e. The van der Waals surface area contributed by atoms with E-state index < -0.39 is 5.97 Å². The Morgan fingerprint density at radius 1 is 1.29 bits per heavy atom. The molecule has 6 heteroatoms. The summed E-state index contributed by atoms with van der Waals surface area (Å²) in [5, 5.41) is 3.34. The third kappa shape index (κ3) is 2.95. The Balaban J connectivity index is 2.05. The molecule has 6 nitrogen and oxygen atoms in total. The number of carbonyl (C=O) groups excluding carboxylic acids is 1. The van der Waals surface area contributed by atoms with Crippen LogP contribution in [0.15, 0.2) is 36.5 Å². The normalized spacial score (nSPS) is 10.8. The van der Waals surface area contributed by atoms with Gasteiger partial charge in [-0.2, -0.15) is 0 Å². The van der Waals surface area contributed by atoms with Crippen LogP contribution in [0, 0.1) is 6.92 Å². The van der Waals surface area contributed by atoms with E-state index >= 15 is 0 Å². The topological polar surface area (TPSA) is 69.0 Å². The Bertz CT molecular complexity index is 872. The molecule has 0 atom stereocenters. The molecule has 24 heavy (non-hydrogen) atoms. The number of pyridine rings is 1. The number of ether oxygens (including phenoxy) is 1. The van der Waals surface area contributed by atoms with E-state index in [1.165, 1.54) is 0 Å². The van der Waals surface area contributed by atoms with E-state index in [1.54, 1.807) is 13.1 Å². The van der Waals surface area contributed by atoms with Gasteiger partial charge in [-0.25, -0.2) is 14.8 Å². The highest BCUT2D eigenvalue weighted by atomic mass is 16.5. The van der Waals surface area contributed by atoms with Gasteiger partial charge < -0.3 is 14.6 Å². The molecule has 0 radical (unpaired) electrons. The van der Waals surface area contributed by atoms with E-state index in [4.69, 9.17) is 4.74 Å². The predicted octanol–water partition coefficient (Wildman–Crippen LogP) is 3.07. The number of hydrogen-bond acceptors (Lipinski definition) is 5. The number of esters is 1. The smallest absolute Gasteiger partial charge is 0.341 e. The fourth-order valence-electron chi connectivity index (χ4n) is 2.56. The lowest BCUT2D eigenvalue weighted by Crippen LogP contribution is -2.11. The van der Waals surface area contributed by atoms with Crippen molar-refractivity contribution in [1.29, 1.82) is 0 Å². The van der Waals surface area contributed by atoms with Crippen molar-refractivity contribution in [2.75, 3.05) is 11.9 Å². The first-order valence-electron chi connectivity index (χ1n) is 7.88. The van der Waals surface area contributed by atoms with Crippen LogP contribution in [0.3, 0.4) is 0 Å². The zero-order valence-corrected chi connectivity index (χ0v) is 14.0.